The van der Waals surface area contributed by atoms with Gasteiger partial charge in [0.25, 0.3) is 5.56 Å². The van der Waals surface area contributed by atoms with E-state index in [4.69, 9.17) is 0 Å². The van der Waals surface area contributed by atoms with Crippen LogP contribution in [0.4, 0.5) is 5.69 Å². The van der Waals surface area contributed by atoms with Gasteiger partial charge in [-0.1, -0.05) is 44.2 Å². The first-order chi connectivity index (χ1) is 12.8. The van der Waals surface area contributed by atoms with Gasteiger partial charge in [0.05, 0.1) is 12.1 Å². The number of hydrogen-bond donors (Lipinski definition) is 1. The number of hydrogen-bond acceptors (Lipinski definition) is 2. The van der Waals surface area contributed by atoms with Crippen LogP contribution in [0.25, 0.3) is 10.9 Å². The van der Waals surface area contributed by atoms with Crippen LogP contribution < -0.4 is 10.5 Å². The molecule has 1 N–H and O–H groups in total. The first-order valence-electron chi connectivity index (χ1n) is 9.28. The minimum absolute atomic E-state index is 0.00689. The summed E-state index contributed by atoms with van der Waals surface area (Å²) in [6.45, 7) is 9.99. The zero-order valence-electron chi connectivity index (χ0n) is 16.6. The monoisotopic (exact) mass is 362 g/mol. The second-order valence-electron chi connectivity index (χ2n) is 7.53. The molecule has 0 saturated heterocycles. The molecule has 0 aliphatic carbocycles. The van der Waals surface area contributed by atoms with Crippen LogP contribution in [0.15, 0.2) is 47.3 Å². The van der Waals surface area contributed by atoms with Gasteiger partial charge in [-0.05, 0) is 55.0 Å². The number of benzene rings is 2. The third-order valence-electron chi connectivity index (χ3n) is 4.91. The Bertz CT molecular complexity index is 1060. The Kier molecular flexibility index (Phi) is 5.17. The molecule has 3 aromatic rings. The maximum atomic E-state index is 13.0. The smallest absolute Gasteiger partial charge is 0.253 e. The van der Waals surface area contributed by atoms with Crippen molar-refractivity contribution in [1.82, 2.24) is 4.98 Å². The molecule has 0 atom stereocenters. The van der Waals surface area contributed by atoms with Gasteiger partial charge in [-0.15, -0.1) is 0 Å². The van der Waals surface area contributed by atoms with Gasteiger partial charge in [0.15, 0.2) is 0 Å². The third kappa shape index (κ3) is 3.80. The van der Waals surface area contributed by atoms with Crippen LogP contribution in [-0.4, -0.2) is 10.9 Å². The number of aromatic amines is 1. The number of fused-ring (bicyclic) bond motifs is 1. The topological polar surface area (TPSA) is 53.2 Å². The molecule has 0 radical (unpaired) electrons. The van der Waals surface area contributed by atoms with Gasteiger partial charge in [0, 0.05) is 17.2 Å². The highest BCUT2D eigenvalue weighted by Crippen LogP contribution is 2.25. The number of amides is 1. The standard InChI is InChI=1S/C23H26N2O2/c1-14(2)23(27)25(20-11-15(3)9-10-16(20)4)13-19-12-18-8-6-7-17(5)21(18)24-22(19)26/h6-12,14H,13H2,1-5H3,(H,24,26). The van der Waals surface area contributed by atoms with Gasteiger partial charge in [-0.25, -0.2) is 0 Å². The zero-order chi connectivity index (χ0) is 19.7. The van der Waals surface area contributed by atoms with Crippen molar-refractivity contribution < 1.29 is 4.79 Å². The average molecular weight is 362 g/mol. The van der Waals surface area contributed by atoms with Crippen LogP contribution in [-0.2, 0) is 11.3 Å². The van der Waals surface area contributed by atoms with E-state index in [1.54, 1.807) is 4.90 Å². The van der Waals surface area contributed by atoms with Crippen LogP contribution in [0.2, 0.25) is 0 Å². The van der Waals surface area contributed by atoms with Crippen LogP contribution in [0.5, 0.6) is 0 Å². The molecule has 2 aromatic carbocycles. The predicted molar refractivity (Wildman–Crippen MR) is 111 cm³/mol. The second-order valence-corrected chi connectivity index (χ2v) is 7.53. The van der Waals surface area contributed by atoms with E-state index >= 15 is 0 Å². The maximum Gasteiger partial charge on any atom is 0.253 e. The van der Waals surface area contributed by atoms with Crippen LogP contribution in [0.1, 0.15) is 36.1 Å². The van der Waals surface area contributed by atoms with E-state index in [0.29, 0.717) is 5.56 Å². The number of anilines is 1. The van der Waals surface area contributed by atoms with Crippen molar-refractivity contribution in [3.8, 4) is 0 Å². The second kappa shape index (κ2) is 7.39. The summed E-state index contributed by atoms with van der Waals surface area (Å²) in [7, 11) is 0. The molecule has 0 aliphatic rings. The summed E-state index contributed by atoms with van der Waals surface area (Å²) in [5.41, 5.74) is 5.27. The number of aromatic nitrogens is 1. The Morgan fingerprint density at radius 1 is 1.04 bits per heavy atom. The lowest BCUT2D eigenvalue weighted by Gasteiger charge is -2.26. The van der Waals surface area contributed by atoms with Gasteiger partial charge in [-0.3, -0.25) is 9.59 Å². The van der Waals surface area contributed by atoms with Crippen molar-refractivity contribution in [2.45, 2.75) is 41.2 Å². The lowest BCUT2D eigenvalue weighted by molar-refractivity contribution is -0.121. The van der Waals surface area contributed by atoms with Crippen molar-refractivity contribution in [2.24, 2.45) is 5.92 Å². The lowest BCUT2D eigenvalue weighted by atomic mass is 10.1. The fourth-order valence-corrected chi connectivity index (χ4v) is 3.32. The molecule has 0 fully saturated rings. The molecule has 0 saturated carbocycles. The summed E-state index contributed by atoms with van der Waals surface area (Å²) >= 11 is 0. The molecule has 3 rings (SSSR count). The molecule has 0 unspecified atom stereocenters. The van der Waals surface area contributed by atoms with Gasteiger partial charge in [0.1, 0.15) is 0 Å². The molecule has 1 amide bonds. The summed E-state index contributed by atoms with van der Waals surface area (Å²) < 4.78 is 0. The normalized spacial score (nSPS) is 11.2. The van der Waals surface area contributed by atoms with E-state index in [2.05, 4.69) is 4.98 Å². The molecule has 0 aliphatic heterocycles. The van der Waals surface area contributed by atoms with Gasteiger partial charge >= 0.3 is 0 Å². The maximum absolute atomic E-state index is 13.0. The number of para-hydroxylation sites is 1. The summed E-state index contributed by atoms with van der Waals surface area (Å²) in [5.74, 6) is -0.154. The Morgan fingerprint density at radius 2 is 1.78 bits per heavy atom. The van der Waals surface area contributed by atoms with Crippen LogP contribution in [0.3, 0.4) is 0 Å². The summed E-state index contributed by atoms with van der Waals surface area (Å²) in [5, 5.41) is 0.975. The number of carbonyl (C=O) groups excluding carboxylic acids is 1. The van der Waals surface area contributed by atoms with Crippen molar-refractivity contribution in [3.05, 3.63) is 75.1 Å². The quantitative estimate of drug-likeness (QED) is 0.735. The van der Waals surface area contributed by atoms with E-state index in [-0.39, 0.29) is 23.9 Å². The van der Waals surface area contributed by atoms with E-state index < -0.39 is 0 Å². The number of rotatable bonds is 4. The number of pyridine rings is 1. The fraction of sp³-hybridized carbons (Fsp3) is 0.304. The first kappa shape index (κ1) is 18.9. The summed E-state index contributed by atoms with van der Waals surface area (Å²) in [6, 6.07) is 13.9. The van der Waals surface area contributed by atoms with Gasteiger partial charge in [-0.2, -0.15) is 0 Å². The Hall–Kier alpha value is -2.88. The molecule has 4 heteroatoms. The van der Waals surface area contributed by atoms with Gasteiger partial charge < -0.3 is 9.88 Å². The van der Waals surface area contributed by atoms with Gasteiger partial charge in [0.2, 0.25) is 5.91 Å². The molecule has 140 valence electrons. The van der Waals surface area contributed by atoms with E-state index in [1.807, 2.05) is 77.1 Å². The number of nitrogens with zero attached hydrogens (tertiary/aromatic N) is 1. The highest BCUT2D eigenvalue weighted by molar-refractivity contribution is 5.95. The largest absolute Gasteiger partial charge is 0.321 e. The number of H-pyrrole nitrogens is 1. The lowest BCUT2D eigenvalue weighted by Crippen LogP contribution is -2.36. The zero-order valence-corrected chi connectivity index (χ0v) is 16.6. The van der Waals surface area contributed by atoms with Crippen molar-refractivity contribution in [1.29, 1.82) is 0 Å². The SMILES string of the molecule is Cc1ccc(C)c(N(Cc2cc3cccc(C)c3[nH]c2=O)C(=O)C(C)C)c1. The molecular weight excluding hydrogens is 336 g/mol. The van der Waals surface area contributed by atoms with E-state index in [1.165, 1.54) is 0 Å². The minimum Gasteiger partial charge on any atom is -0.321 e. The molecule has 27 heavy (non-hydrogen) atoms. The highest BCUT2D eigenvalue weighted by Gasteiger charge is 2.22. The molecule has 0 spiro atoms. The number of nitrogens with one attached hydrogen (secondary N) is 1. The predicted octanol–water partition coefficient (Wildman–Crippen LogP) is 4.64. The average Bonchev–Trinajstić information content (AvgIpc) is 2.62. The summed E-state index contributed by atoms with van der Waals surface area (Å²) in [6.07, 6.45) is 0. The summed E-state index contributed by atoms with van der Waals surface area (Å²) in [4.78, 5) is 30.4. The van der Waals surface area contributed by atoms with E-state index in [9.17, 15) is 9.59 Å². The molecule has 4 nitrogen and oxygen atoms in total. The van der Waals surface area contributed by atoms with Crippen LogP contribution >= 0.6 is 0 Å². The molecule has 1 aromatic heterocycles. The number of aryl methyl sites for hydroxylation is 3. The fourth-order valence-electron chi connectivity index (χ4n) is 3.32. The van der Waals surface area contributed by atoms with Crippen molar-refractivity contribution in [3.63, 3.8) is 0 Å². The third-order valence-corrected chi connectivity index (χ3v) is 4.91. The van der Waals surface area contributed by atoms with Crippen molar-refractivity contribution >= 4 is 22.5 Å². The highest BCUT2D eigenvalue weighted by atomic mass is 16.2. The molecular formula is C23H26N2O2. The van der Waals surface area contributed by atoms with E-state index in [0.717, 1.165) is 33.3 Å². The Balaban J connectivity index is 2.11. The number of carbonyl (C=O) groups is 1. The Labute approximate surface area is 159 Å². The molecule has 1 heterocycles. The minimum atomic E-state index is -0.160. The van der Waals surface area contributed by atoms with Crippen LogP contribution in [0, 0.1) is 26.7 Å². The molecule has 0 bridgehead atoms. The Morgan fingerprint density at radius 3 is 2.48 bits per heavy atom. The first-order valence-corrected chi connectivity index (χ1v) is 9.28. The van der Waals surface area contributed by atoms with Crippen molar-refractivity contribution in [2.75, 3.05) is 4.90 Å².